The maximum atomic E-state index is 11.9. The van der Waals surface area contributed by atoms with E-state index in [4.69, 9.17) is 0 Å². The molecule has 1 aromatic carbocycles. The molecule has 0 aliphatic rings. The van der Waals surface area contributed by atoms with Gasteiger partial charge in [0.25, 0.3) is 5.69 Å². The first kappa shape index (κ1) is 19.8. The zero-order valence-electron chi connectivity index (χ0n) is 14.3. The van der Waals surface area contributed by atoms with Gasteiger partial charge in [-0.25, -0.2) is 0 Å². The number of amides is 2. The maximum Gasteiger partial charge on any atom is 0.269 e. The summed E-state index contributed by atoms with van der Waals surface area (Å²) in [5.74, 6) is -0.348. The molecular formula is C15H17N5O4S2. The standard InChI is InChI=1S/C15H17N5O4S2/c1-15(2,3)12(22)17-13-18-19-14(26-13)25-8-11(21)16-9-4-6-10(7-5-9)20(23)24/h4-7H,8H2,1-3H3,(H,16,21)(H,17,18,22). The van der Waals surface area contributed by atoms with E-state index in [0.717, 1.165) is 0 Å². The molecular weight excluding hydrogens is 378 g/mol. The monoisotopic (exact) mass is 395 g/mol. The number of hydrogen-bond acceptors (Lipinski definition) is 8. The first-order chi connectivity index (χ1) is 12.1. The molecule has 1 aromatic heterocycles. The van der Waals surface area contributed by atoms with Crippen LogP contribution in [0.5, 0.6) is 0 Å². The van der Waals surface area contributed by atoms with Gasteiger partial charge in [0.2, 0.25) is 16.9 Å². The van der Waals surface area contributed by atoms with Gasteiger partial charge < -0.3 is 10.6 Å². The Bertz CT molecular complexity index is 814. The van der Waals surface area contributed by atoms with Crippen molar-refractivity contribution in [1.82, 2.24) is 10.2 Å². The molecule has 26 heavy (non-hydrogen) atoms. The molecule has 0 saturated heterocycles. The fourth-order valence-electron chi connectivity index (χ4n) is 1.59. The van der Waals surface area contributed by atoms with E-state index in [1.807, 2.05) is 0 Å². The van der Waals surface area contributed by atoms with Crippen molar-refractivity contribution in [2.24, 2.45) is 5.41 Å². The van der Waals surface area contributed by atoms with Crippen LogP contribution in [-0.4, -0.2) is 32.7 Å². The molecule has 138 valence electrons. The average molecular weight is 395 g/mol. The summed E-state index contributed by atoms with van der Waals surface area (Å²) in [6, 6.07) is 5.56. The van der Waals surface area contributed by atoms with Gasteiger partial charge in [0.05, 0.1) is 10.7 Å². The maximum absolute atomic E-state index is 11.9. The number of non-ortho nitro benzene ring substituents is 1. The summed E-state index contributed by atoms with van der Waals surface area (Å²) in [5.41, 5.74) is -0.114. The zero-order valence-corrected chi connectivity index (χ0v) is 15.9. The van der Waals surface area contributed by atoms with E-state index in [-0.39, 0.29) is 23.3 Å². The van der Waals surface area contributed by atoms with Crippen LogP contribution in [0.4, 0.5) is 16.5 Å². The molecule has 2 rings (SSSR count). The minimum Gasteiger partial charge on any atom is -0.325 e. The number of rotatable bonds is 6. The second-order valence-corrected chi connectivity index (χ2v) is 8.42. The minimum absolute atomic E-state index is 0.0453. The van der Waals surface area contributed by atoms with Crippen molar-refractivity contribution in [3.63, 3.8) is 0 Å². The molecule has 0 spiro atoms. The summed E-state index contributed by atoms with van der Waals surface area (Å²) in [6.07, 6.45) is 0. The second-order valence-electron chi connectivity index (χ2n) is 6.22. The number of carbonyl (C=O) groups is 2. The molecule has 0 bridgehead atoms. The van der Waals surface area contributed by atoms with Crippen LogP contribution >= 0.6 is 23.1 Å². The Hall–Kier alpha value is -2.53. The minimum atomic E-state index is -0.538. The van der Waals surface area contributed by atoms with Crippen LogP contribution in [0.2, 0.25) is 0 Å². The molecule has 0 radical (unpaired) electrons. The quantitative estimate of drug-likeness (QED) is 0.333. The summed E-state index contributed by atoms with van der Waals surface area (Å²) in [5, 5.41) is 24.1. The molecule has 2 aromatic rings. The fourth-order valence-corrected chi connectivity index (χ4v) is 3.14. The largest absolute Gasteiger partial charge is 0.325 e. The van der Waals surface area contributed by atoms with Gasteiger partial charge in [0.15, 0.2) is 4.34 Å². The first-order valence-corrected chi connectivity index (χ1v) is 9.27. The summed E-state index contributed by atoms with van der Waals surface area (Å²) >= 11 is 2.37. The van der Waals surface area contributed by atoms with Gasteiger partial charge in [-0.15, -0.1) is 10.2 Å². The Morgan fingerprint density at radius 2 is 1.85 bits per heavy atom. The normalized spacial score (nSPS) is 11.0. The third-order valence-electron chi connectivity index (χ3n) is 3.00. The Kier molecular flexibility index (Phi) is 6.27. The highest BCUT2D eigenvalue weighted by atomic mass is 32.2. The molecule has 2 amide bonds. The number of nitro benzene ring substituents is 1. The van der Waals surface area contributed by atoms with E-state index in [0.29, 0.717) is 15.2 Å². The number of nitro groups is 1. The Morgan fingerprint density at radius 3 is 2.42 bits per heavy atom. The van der Waals surface area contributed by atoms with E-state index < -0.39 is 10.3 Å². The van der Waals surface area contributed by atoms with Crippen LogP contribution in [0, 0.1) is 15.5 Å². The van der Waals surface area contributed by atoms with Crippen LogP contribution in [-0.2, 0) is 9.59 Å². The van der Waals surface area contributed by atoms with Gasteiger partial charge in [0, 0.05) is 23.2 Å². The Balaban J connectivity index is 1.84. The van der Waals surface area contributed by atoms with Crippen LogP contribution in [0.15, 0.2) is 28.6 Å². The lowest BCUT2D eigenvalue weighted by Gasteiger charge is -2.15. The Labute approximate surface area is 157 Å². The predicted molar refractivity (Wildman–Crippen MR) is 100 cm³/mol. The van der Waals surface area contributed by atoms with Gasteiger partial charge in [-0.1, -0.05) is 43.9 Å². The van der Waals surface area contributed by atoms with Crippen molar-refractivity contribution in [2.45, 2.75) is 25.1 Å². The van der Waals surface area contributed by atoms with Crippen molar-refractivity contribution in [3.05, 3.63) is 34.4 Å². The van der Waals surface area contributed by atoms with Gasteiger partial charge in [0.1, 0.15) is 0 Å². The van der Waals surface area contributed by atoms with Crippen molar-refractivity contribution >= 4 is 51.4 Å². The van der Waals surface area contributed by atoms with Gasteiger partial charge in [-0.2, -0.15) is 0 Å². The molecule has 0 fully saturated rings. The number of thioether (sulfide) groups is 1. The van der Waals surface area contributed by atoms with Crippen molar-refractivity contribution in [2.75, 3.05) is 16.4 Å². The highest BCUT2D eigenvalue weighted by molar-refractivity contribution is 8.01. The second kappa shape index (κ2) is 8.23. The number of benzene rings is 1. The molecule has 0 atom stereocenters. The molecule has 0 saturated carbocycles. The van der Waals surface area contributed by atoms with Gasteiger partial charge in [-0.3, -0.25) is 19.7 Å². The van der Waals surface area contributed by atoms with E-state index in [1.165, 1.54) is 47.4 Å². The molecule has 1 heterocycles. The number of aromatic nitrogens is 2. The van der Waals surface area contributed by atoms with Crippen LogP contribution < -0.4 is 10.6 Å². The highest BCUT2D eigenvalue weighted by Gasteiger charge is 2.22. The highest BCUT2D eigenvalue weighted by Crippen LogP contribution is 2.27. The third kappa shape index (κ3) is 5.77. The van der Waals surface area contributed by atoms with Gasteiger partial charge in [-0.05, 0) is 12.1 Å². The molecule has 9 nitrogen and oxygen atoms in total. The van der Waals surface area contributed by atoms with Crippen molar-refractivity contribution < 1.29 is 14.5 Å². The lowest BCUT2D eigenvalue weighted by molar-refractivity contribution is -0.384. The summed E-state index contributed by atoms with van der Waals surface area (Å²) in [4.78, 5) is 33.9. The smallest absolute Gasteiger partial charge is 0.269 e. The molecule has 0 aliphatic heterocycles. The first-order valence-electron chi connectivity index (χ1n) is 7.47. The SMILES string of the molecule is CC(C)(C)C(=O)Nc1nnc(SCC(=O)Nc2ccc([N+](=O)[O-])cc2)s1. The number of hydrogen-bond donors (Lipinski definition) is 2. The number of nitrogens with one attached hydrogen (secondary N) is 2. The van der Waals surface area contributed by atoms with Crippen molar-refractivity contribution in [1.29, 1.82) is 0 Å². The summed E-state index contributed by atoms with van der Waals surface area (Å²) in [6.45, 7) is 5.38. The van der Waals surface area contributed by atoms with E-state index in [9.17, 15) is 19.7 Å². The molecule has 0 aliphatic carbocycles. The predicted octanol–water partition coefficient (Wildman–Crippen LogP) is 3.16. The van der Waals surface area contributed by atoms with E-state index in [1.54, 1.807) is 20.8 Å². The van der Waals surface area contributed by atoms with E-state index >= 15 is 0 Å². The van der Waals surface area contributed by atoms with E-state index in [2.05, 4.69) is 20.8 Å². The average Bonchev–Trinajstić information content (AvgIpc) is 3.00. The zero-order chi connectivity index (χ0) is 19.3. The molecule has 2 N–H and O–H groups in total. The van der Waals surface area contributed by atoms with Gasteiger partial charge >= 0.3 is 0 Å². The summed E-state index contributed by atoms with van der Waals surface area (Å²) < 4.78 is 0.549. The lowest BCUT2D eigenvalue weighted by Crippen LogP contribution is -2.27. The number of nitrogens with zero attached hydrogens (tertiary/aromatic N) is 3. The van der Waals surface area contributed by atoms with Crippen LogP contribution in [0.25, 0.3) is 0 Å². The third-order valence-corrected chi connectivity index (χ3v) is 4.97. The summed E-state index contributed by atoms with van der Waals surface area (Å²) in [7, 11) is 0. The fraction of sp³-hybridized carbons (Fsp3) is 0.333. The molecule has 11 heteroatoms. The van der Waals surface area contributed by atoms with Crippen LogP contribution in [0.3, 0.4) is 0 Å². The van der Waals surface area contributed by atoms with Crippen molar-refractivity contribution in [3.8, 4) is 0 Å². The Morgan fingerprint density at radius 1 is 1.19 bits per heavy atom. The number of carbonyl (C=O) groups excluding carboxylic acids is 2. The van der Waals surface area contributed by atoms with Crippen LogP contribution in [0.1, 0.15) is 20.8 Å². The number of anilines is 2. The topological polar surface area (TPSA) is 127 Å². The lowest BCUT2D eigenvalue weighted by atomic mass is 9.96. The molecule has 0 unspecified atom stereocenters.